The van der Waals surface area contributed by atoms with E-state index in [1.54, 1.807) is 0 Å². The first-order chi connectivity index (χ1) is 25.3. The average molecular weight is 647 g/mol. The molecule has 1 nitrogen and oxygen atoms in total. The molecule has 0 aliphatic heterocycles. The molecule has 0 radical (unpaired) electrons. The molecule has 236 valence electrons. The molecule has 0 unspecified atom stereocenters. The van der Waals surface area contributed by atoms with Crippen molar-refractivity contribution in [3.05, 3.63) is 182 Å². The van der Waals surface area contributed by atoms with Gasteiger partial charge in [0.05, 0.1) is 0 Å². The Morgan fingerprint density at radius 1 is 0.275 bits per heavy atom. The summed E-state index contributed by atoms with van der Waals surface area (Å²) in [6.45, 7) is 0. The number of fused-ring (bicyclic) bond motifs is 11. The number of hydrogen-bond donors (Lipinski definition) is 0. The van der Waals surface area contributed by atoms with Crippen molar-refractivity contribution >= 4 is 75.8 Å². The highest BCUT2D eigenvalue weighted by atomic mass is 16.3. The number of rotatable bonds is 3. The SMILES string of the molecule is c1ccc(-c2ccc3cc(-c4c5ccccc5c(-c5ccc6c(c5)c5ccccc5c5c7ccccc7oc65)c5ccccc45)ccc3c2)cc1. The molecule has 0 atom stereocenters. The molecular formula is C50H30O. The second-order valence-corrected chi connectivity index (χ2v) is 13.6. The van der Waals surface area contributed by atoms with E-state index in [0.29, 0.717) is 0 Å². The lowest BCUT2D eigenvalue weighted by Crippen LogP contribution is -1.91. The van der Waals surface area contributed by atoms with Crippen molar-refractivity contribution in [3.8, 4) is 33.4 Å². The first-order valence-corrected chi connectivity index (χ1v) is 17.6. The minimum absolute atomic E-state index is 0.923. The van der Waals surface area contributed by atoms with Gasteiger partial charge in [0, 0.05) is 16.2 Å². The number of para-hydroxylation sites is 1. The van der Waals surface area contributed by atoms with Crippen molar-refractivity contribution in [2.75, 3.05) is 0 Å². The maximum Gasteiger partial charge on any atom is 0.143 e. The van der Waals surface area contributed by atoms with Crippen LogP contribution in [0.4, 0.5) is 0 Å². The summed E-state index contributed by atoms with van der Waals surface area (Å²) in [6.07, 6.45) is 0. The van der Waals surface area contributed by atoms with Gasteiger partial charge in [-0.3, -0.25) is 0 Å². The van der Waals surface area contributed by atoms with E-state index in [2.05, 4.69) is 176 Å². The molecule has 1 heterocycles. The van der Waals surface area contributed by atoms with Gasteiger partial charge in [-0.25, -0.2) is 0 Å². The van der Waals surface area contributed by atoms with Gasteiger partial charge < -0.3 is 4.42 Å². The van der Waals surface area contributed by atoms with E-state index in [1.165, 1.54) is 87.2 Å². The van der Waals surface area contributed by atoms with Gasteiger partial charge in [-0.1, -0.05) is 152 Å². The summed E-state index contributed by atoms with van der Waals surface area (Å²) in [4.78, 5) is 0. The van der Waals surface area contributed by atoms with Gasteiger partial charge in [0.15, 0.2) is 0 Å². The molecule has 0 amide bonds. The van der Waals surface area contributed by atoms with Crippen molar-refractivity contribution in [2.24, 2.45) is 0 Å². The average Bonchev–Trinajstić information content (AvgIpc) is 3.60. The Hall–Kier alpha value is -6.70. The lowest BCUT2D eigenvalue weighted by atomic mass is 9.84. The smallest absolute Gasteiger partial charge is 0.143 e. The molecule has 0 aliphatic carbocycles. The Bertz CT molecular complexity index is 3130. The Kier molecular flexibility index (Phi) is 6.02. The molecule has 1 heteroatoms. The third kappa shape index (κ3) is 4.22. The van der Waals surface area contributed by atoms with Crippen LogP contribution < -0.4 is 0 Å². The molecule has 0 saturated heterocycles. The van der Waals surface area contributed by atoms with E-state index in [0.717, 1.165) is 21.9 Å². The van der Waals surface area contributed by atoms with E-state index in [4.69, 9.17) is 4.42 Å². The van der Waals surface area contributed by atoms with Crippen LogP contribution in [0.2, 0.25) is 0 Å². The predicted octanol–water partition coefficient (Wildman–Crippen LogP) is 14.4. The van der Waals surface area contributed by atoms with Crippen LogP contribution in [0.1, 0.15) is 0 Å². The zero-order valence-electron chi connectivity index (χ0n) is 27.7. The minimum atomic E-state index is 0.923. The highest BCUT2D eigenvalue weighted by Gasteiger charge is 2.20. The van der Waals surface area contributed by atoms with Crippen molar-refractivity contribution in [1.29, 1.82) is 0 Å². The summed E-state index contributed by atoms with van der Waals surface area (Å²) >= 11 is 0. The third-order valence-corrected chi connectivity index (χ3v) is 10.8. The second-order valence-electron chi connectivity index (χ2n) is 13.6. The summed E-state index contributed by atoms with van der Waals surface area (Å²) in [5.74, 6) is 0. The van der Waals surface area contributed by atoms with Gasteiger partial charge in [-0.15, -0.1) is 0 Å². The van der Waals surface area contributed by atoms with Crippen molar-refractivity contribution < 1.29 is 4.42 Å². The van der Waals surface area contributed by atoms with Crippen LogP contribution in [0, 0.1) is 0 Å². The van der Waals surface area contributed by atoms with Crippen LogP contribution in [-0.2, 0) is 0 Å². The molecule has 11 rings (SSSR count). The van der Waals surface area contributed by atoms with Crippen LogP contribution in [0.5, 0.6) is 0 Å². The molecule has 10 aromatic carbocycles. The van der Waals surface area contributed by atoms with Gasteiger partial charge in [0.2, 0.25) is 0 Å². The molecular weight excluding hydrogens is 617 g/mol. The summed E-state index contributed by atoms with van der Waals surface area (Å²) in [5.41, 5.74) is 9.31. The Balaban J connectivity index is 1.16. The Labute approximate surface area is 294 Å². The zero-order valence-corrected chi connectivity index (χ0v) is 27.7. The molecule has 0 spiro atoms. The van der Waals surface area contributed by atoms with Gasteiger partial charge in [-0.2, -0.15) is 0 Å². The zero-order chi connectivity index (χ0) is 33.5. The molecule has 0 N–H and O–H groups in total. The number of benzene rings is 10. The molecule has 0 aliphatic rings. The van der Waals surface area contributed by atoms with Crippen LogP contribution in [0.25, 0.3) is 109 Å². The second kappa shape index (κ2) is 10.9. The van der Waals surface area contributed by atoms with Crippen LogP contribution in [0.15, 0.2) is 186 Å². The van der Waals surface area contributed by atoms with Gasteiger partial charge >= 0.3 is 0 Å². The minimum Gasteiger partial charge on any atom is -0.455 e. The van der Waals surface area contributed by atoms with Crippen LogP contribution in [-0.4, -0.2) is 0 Å². The standard InChI is InChI=1S/C50H30O/c1-2-12-31(13-3-1)32-22-23-34-29-35(25-24-33(34)28-32)47-39-16-6-8-18-41(39)48(42-19-9-7-17-40(42)47)36-26-27-43-45(30-36)37-14-4-5-15-38(37)49-44-20-10-11-21-46(44)51-50(43)49/h1-30H. The molecule has 0 fully saturated rings. The van der Waals surface area contributed by atoms with E-state index in [1.807, 2.05) is 6.07 Å². The fourth-order valence-corrected chi connectivity index (χ4v) is 8.52. The third-order valence-electron chi connectivity index (χ3n) is 10.8. The monoisotopic (exact) mass is 646 g/mol. The summed E-state index contributed by atoms with van der Waals surface area (Å²) in [5, 5.41) is 14.6. The lowest BCUT2D eigenvalue weighted by molar-refractivity contribution is 0.673. The maximum absolute atomic E-state index is 6.58. The number of furan rings is 1. The summed E-state index contributed by atoms with van der Waals surface area (Å²) in [7, 11) is 0. The first kappa shape index (κ1) is 28.2. The highest BCUT2D eigenvalue weighted by molar-refractivity contribution is 6.31. The maximum atomic E-state index is 6.58. The normalized spacial score (nSPS) is 11.9. The van der Waals surface area contributed by atoms with Gasteiger partial charge in [0.25, 0.3) is 0 Å². The first-order valence-electron chi connectivity index (χ1n) is 17.6. The Morgan fingerprint density at radius 2 is 0.765 bits per heavy atom. The Morgan fingerprint density at radius 3 is 1.43 bits per heavy atom. The highest BCUT2D eigenvalue weighted by Crippen LogP contribution is 2.47. The molecule has 11 aromatic rings. The lowest BCUT2D eigenvalue weighted by Gasteiger charge is -2.18. The van der Waals surface area contributed by atoms with Gasteiger partial charge in [0.1, 0.15) is 11.2 Å². The summed E-state index contributed by atoms with van der Waals surface area (Å²) in [6, 6.07) is 66.3. The van der Waals surface area contributed by atoms with Crippen LogP contribution in [0.3, 0.4) is 0 Å². The number of hydrogen-bond acceptors (Lipinski definition) is 1. The van der Waals surface area contributed by atoms with Crippen molar-refractivity contribution in [2.45, 2.75) is 0 Å². The predicted molar refractivity (Wildman–Crippen MR) is 218 cm³/mol. The molecule has 51 heavy (non-hydrogen) atoms. The molecule has 0 saturated carbocycles. The van der Waals surface area contributed by atoms with E-state index >= 15 is 0 Å². The van der Waals surface area contributed by atoms with Crippen LogP contribution >= 0.6 is 0 Å². The fourth-order valence-electron chi connectivity index (χ4n) is 8.52. The largest absolute Gasteiger partial charge is 0.455 e. The van der Waals surface area contributed by atoms with E-state index < -0.39 is 0 Å². The summed E-state index contributed by atoms with van der Waals surface area (Å²) < 4.78 is 6.58. The van der Waals surface area contributed by atoms with Gasteiger partial charge in [-0.05, 0) is 112 Å². The van der Waals surface area contributed by atoms with Crippen molar-refractivity contribution in [3.63, 3.8) is 0 Å². The quantitative estimate of drug-likeness (QED) is 0.138. The molecule has 0 bridgehead atoms. The molecule has 1 aromatic heterocycles. The van der Waals surface area contributed by atoms with Crippen molar-refractivity contribution in [1.82, 2.24) is 0 Å². The topological polar surface area (TPSA) is 13.1 Å². The fraction of sp³-hybridized carbons (Fsp3) is 0. The van der Waals surface area contributed by atoms with E-state index in [9.17, 15) is 0 Å². The van der Waals surface area contributed by atoms with E-state index in [-0.39, 0.29) is 0 Å².